The third-order valence-corrected chi connectivity index (χ3v) is 11.9. The number of hydrogen-bond acceptors (Lipinski definition) is 6. The highest BCUT2D eigenvalue weighted by Gasteiger charge is 2.58. The summed E-state index contributed by atoms with van der Waals surface area (Å²) in [7, 11) is 1.57. The molecule has 11 heteroatoms. The number of carbonyl (C=O) groups is 2. The molecule has 8 nitrogen and oxygen atoms in total. The summed E-state index contributed by atoms with van der Waals surface area (Å²) in [5.74, 6) is -0.277. The van der Waals surface area contributed by atoms with E-state index in [4.69, 9.17) is 9.47 Å². The first-order chi connectivity index (χ1) is 25.7. The molecule has 2 amide bonds. The standard InChI is InChI=1S/C43H51F3N2O6/c1-28-7-5-20-41(2)38(19-21-42(41,52)27-48(26-35-10-6-22-54-35)40(51)47-32-13-16-34(53-3)17-14-32)36-18-12-29(23-33(49)15-11-28)24-37(36)39(50)30-8-4-9-31(25-30)43(44,45)46/h4,7-9,12-14,16-18,24-25,33,35,38,49,52H,5-6,10-11,15,19-23,26-27H2,1-3H3,(H,47,51)/t33-,35+,38-,41-,42+/m0/s1. The van der Waals surface area contributed by atoms with Gasteiger partial charge < -0.3 is 29.9 Å². The minimum absolute atomic E-state index is 0.00568. The van der Waals surface area contributed by atoms with E-state index in [0.717, 1.165) is 30.5 Å². The Bertz CT molecular complexity index is 1840. The molecule has 0 aromatic heterocycles. The Morgan fingerprint density at radius 3 is 2.52 bits per heavy atom. The van der Waals surface area contributed by atoms with Crippen molar-refractivity contribution in [1.29, 1.82) is 0 Å². The Morgan fingerprint density at radius 2 is 1.81 bits per heavy atom. The topological polar surface area (TPSA) is 108 Å². The second-order valence-corrected chi connectivity index (χ2v) is 15.5. The number of halogens is 3. The predicted octanol–water partition coefficient (Wildman–Crippen LogP) is 8.70. The molecule has 4 aliphatic rings. The number of nitrogens with zero attached hydrogens (tertiary/aromatic N) is 1. The molecule has 1 saturated heterocycles. The zero-order valence-electron chi connectivity index (χ0n) is 31.3. The van der Waals surface area contributed by atoms with Crippen LogP contribution >= 0.6 is 0 Å². The summed E-state index contributed by atoms with van der Waals surface area (Å²) in [6, 6.07) is 16.5. The zero-order valence-corrected chi connectivity index (χ0v) is 31.3. The van der Waals surface area contributed by atoms with E-state index in [0.29, 0.717) is 67.7 Å². The van der Waals surface area contributed by atoms with Crippen LogP contribution < -0.4 is 10.1 Å². The van der Waals surface area contributed by atoms with Crippen molar-refractivity contribution in [3.8, 4) is 5.75 Å². The fourth-order valence-corrected chi connectivity index (χ4v) is 8.63. The molecule has 290 valence electrons. The van der Waals surface area contributed by atoms with Gasteiger partial charge in [0.2, 0.25) is 0 Å². The highest BCUT2D eigenvalue weighted by Crippen LogP contribution is 2.59. The molecule has 54 heavy (non-hydrogen) atoms. The Hall–Kier alpha value is -4.19. The first-order valence-corrected chi connectivity index (χ1v) is 18.9. The number of anilines is 1. The van der Waals surface area contributed by atoms with Gasteiger partial charge in [-0.2, -0.15) is 13.2 Å². The van der Waals surface area contributed by atoms with E-state index in [1.165, 1.54) is 12.1 Å². The lowest BCUT2D eigenvalue weighted by atomic mass is 9.64. The monoisotopic (exact) mass is 748 g/mol. The Morgan fingerprint density at radius 1 is 1.04 bits per heavy atom. The highest BCUT2D eigenvalue weighted by atomic mass is 19.4. The minimum Gasteiger partial charge on any atom is -0.497 e. The van der Waals surface area contributed by atoms with E-state index in [1.54, 1.807) is 42.3 Å². The van der Waals surface area contributed by atoms with Crippen LogP contribution in [-0.4, -0.2) is 71.5 Å². The lowest BCUT2D eigenvalue weighted by Gasteiger charge is -2.46. The minimum atomic E-state index is -4.62. The molecule has 1 saturated carbocycles. The average Bonchev–Trinajstić information content (AvgIpc) is 3.75. The molecule has 1 aliphatic heterocycles. The number of benzene rings is 3. The summed E-state index contributed by atoms with van der Waals surface area (Å²) in [5, 5.41) is 26.9. The second-order valence-electron chi connectivity index (χ2n) is 15.5. The fourth-order valence-electron chi connectivity index (χ4n) is 8.63. The number of ether oxygens (including phenoxy) is 2. The van der Waals surface area contributed by atoms with Crippen LogP contribution in [0.4, 0.5) is 23.7 Å². The van der Waals surface area contributed by atoms with Crippen LogP contribution in [0.3, 0.4) is 0 Å². The van der Waals surface area contributed by atoms with E-state index < -0.39 is 34.6 Å². The van der Waals surface area contributed by atoms with E-state index in [-0.39, 0.29) is 48.7 Å². The maximum absolute atomic E-state index is 14.3. The Balaban J connectivity index is 1.40. The maximum atomic E-state index is 14.3. The zero-order chi connectivity index (χ0) is 38.7. The van der Waals surface area contributed by atoms with E-state index in [1.807, 2.05) is 26.0 Å². The van der Waals surface area contributed by atoms with Crippen LogP contribution in [-0.2, 0) is 17.3 Å². The van der Waals surface area contributed by atoms with Gasteiger partial charge in [-0.25, -0.2) is 4.79 Å². The summed E-state index contributed by atoms with van der Waals surface area (Å²) in [6.45, 7) is 4.93. The number of urea groups is 1. The van der Waals surface area contributed by atoms with Crippen molar-refractivity contribution in [2.24, 2.45) is 5.41 Å². The number of carbonyl (C=O) groups excluding carboxylic acids is 2. The number of aliphatic hydroxyl groups excluding tert-OH is 1. The number of ketones is 1. The average molecular weight is 749 g/mol. The van der Waals surface area contributed by atoms with Gasteiger partial charge in [-0.15, -0.1) is 0 Å². The van der Waals surface area contributed by atoms with Gasteiger partial charge in [0, 0.05) is 35.4 Å². The highest BCUT2D eigenvalue weighted by molar-refractivity contribution is 6.10. The van der Waals surface area contributed by atoms with Crippen LogP contribution in [0.5, 0.6) is 5.75 Å². The number of rotatable bonds is 8. The smallest absolute Gasteiger partial charge is 0.416 e. The number of hydrogen-bond donors (Lipinski definition) is 3. The normalized spacial score (nSPS) is 26.1. The van der Waals surface area contributed by atoms with Gasteiger partial charge in [-0.05, 0) is 124 Å². The van der Waals surface area contributed by atoms with Gasteiger partial charge in [0.25, 0.3) is 0 Å². The van der Waals surface area contributed by atoms with Crippen molar-refractivity contribution in [2.75, 3.05) is 32.1 Å². The quantitative estimate of drug-likeness (QED) is 0.157. The van der Waals surface area contributed by atoms with Crippen molar-refractivity contribution in [1.82, 2.24) is 4.90 Å². The molecule has 7 rings (SSSR count). The van der Waals surface area contributed by atoms with Crippen molar-refractivity contribution in [3.63, 3.8) is 0 Å². The number of amides is 2. The van der Waals surface area contributed by atoms with Crippen molar-refractivity contribution in [2.45, 2.75) is 102 Å². The number of allylic oxidation sites excluding steroid dienone is 2. The largest absolute Gasteiger partial charge is 0.497 e. The van der Waals surface area contributed by atoms with Crippen LogP contribution in [0.25, 0.3) is 0 Å². The molecular weight excluding hydrogens is 697 g/mol. The summed E-state index contributed by atoms with van der Waals surface area (Å²) >= 11 is 0. The molecule has 1 heterocycles. The van der Waals surface area contributed by atoms with Crippen molar-refractivity contribution >= 4 is 17.5 Å². The Kier molecular flexibility index (Phi) is 11.9. The van der Waals surface area contributed by atoms with Gasteiger partial charge in [0.15, 0.2) is 5.78 Å². The number of nitrogens with one attached hydrogen (secondary N) is 1. The molecule has 3 aliphatic carbocycles. The van der Waals surface area contributed by atoms with E-state index in [2.05, 4.69) is 11.4 Å². The van der Waals surface area contributed by atoms with Crippen LogP contribution in [0.1, 0.15) is 104 Å². The predicted molar refractivity (Wildman–Crippen MR) is 201 cm³/mol. The van der Waals surface area contributed by atoms with E-state index in [9.17, 15) is 33.0 Å². The maximum Gasteiger partial charge on any atom is 0.416 e. The molecule has 0 unspecified atom stereocenters. The van der Waals surface area contributed by atoms with Crippen molar-refractivity contribution in [3.05, 3.63) is 106 Å². The molecular formula is C43H51F3N2O6. The molecule has 3 aromatic carbocycles. The molecule has 0 radical (unpaired) electrons. The Labute approximate surface area is 315 Å². The SMILES string of the molecule is COc1ccc(NC(=O)N(C[C@H]2CCCO2)C[C@]2(O)CC[C@H]3c4ccc(cc4C(=O)c4cccc(C(F)(F)F)c4)C[C@@H](O)CCC(C)=CCC[C@@]32C)cc1. The summed E-state index contributed by atoms with van der Waals surface area (Å²) < 4.78 is 52.5. The number of fused-ring (bicyclic) bond motifs is 8. The molecule has 2 bridgehead atoms. The molecule has 3 N–H and O–H groups in total. The van der Waals surface area contributed by atoms with E-state index >= 15 is 0 Å². The summed E-state index contributed by atoms with van der Waals surface area (Å²) in [5.41, 5.74) is 0.0275. The van der Waals surface area contributed by atoms with Crippen LogP contribution in [0.2, 0.25) is 0 Å². The molecule has 3 aromatic rings. The second kappa shape index (κ2) is 16.3. The van der Waals surface area contributed by atoms with Gasteiger partial charge in [0.05, 0.1) is 37.0 Å². The number of methoxy groups -OCH3 is 1. The number of alkyl halides is 3. The van der Waals surface area contributed by atoms with Crippen LogP contribution in [0.15, 0.2) is 78.4 Å². The third-order valence-electron chi connectivity index (χ3n) is 11.9. The van der Waals surface area contributed by atoms with Crippen LogP contribution in [0, 0.1) is 5.41 Å². The molecule has 2 fully saturated rings. The third kappa shape index (κ3) is 8.69. The lowest BCUT2D eigenvalue weighted by molar-refractivity contribution is -0.137. The van der Waals surface area contributed by atoms with Gasteiger partial charge in [0.1, 0.15) is 5.75 Å². The van der Waals surface area contributed by atoms with Gasteiger partial charge in [-0.3, -0.25) is 4.79 Å². The summed E-state index contributed by atoms with van der Waals surface area (Å²) in [4.78, 5) is 30.0. The molecule has 0 spiro atoms. The fraction of sp³-hybridized carbons (Fsp3) is 0.488. The van der Waals surface area contributed by atoms with Gasteiger partial charge in [-0.1, -0.05) is 42.8 Å². The summed E-state index contributed by atoms with van der Waals surface area (Å²) in [6.07, 6.45) is 1.71. The first kappa shape index (κ1) is 39.5. The number of aliphatic hydroxyl groups is 2. The van der Waals surface area contributed by atoms with Gasteiger partial charge >= 0.3 is 12.2 Å². The lowest BCUT2D eigenvalue weighted by Crippen LogP contribution is -2.55. The van der Waals surface area contributed by atoms with Crippen molar-refractivity contribution < 1.29 is 42.4 Å². The molecule has 5 atom stereocenters. The first-order valence-electron chi connectivity index (χ1n) is 18.9.